The Morgan fingerprint density at radius 2 is 2.15 bits per heavy atom. The number of aryl methyl sites for hydroxylation is 1. The van der Waals surface area contributed by atoms with E-state index in [1.807, 2.05) is 31.2 Å². The van der Waals surface area contributed by atoms with E-state index in [1.165, 1.54) is 17.7 Å². The number of ketones is 1. The third-order valence-electron chi connectivity index (χ3n) is 3.69. The van der Waals surface area contributed by atoms with Gasteiger partial charge in [0.15, 0.2) is 5.78 Å². The summed E-state index contributed by atoms with van der Waals surface area (Å²) in [5.41, 5.74) is 1.98. The second-order valence-electron chi connectivity index (χ2n) is 5.51. The van der Waals surface area contributed by atoms with Crippen LogP contribution in [0.25, 0.3) is 0 Å². The molecule has 3 rings (SSSR count). The second kappa shape index (κ2) is 5.90. The average molecular weight is 285 g/mol. The van der Waals surface area contributed by atoms with Crippen LogP contribution in [-0.2, 0) is 6.54 Å². The summed E-state index contributed by atoms with van der Waals surface area (Å²) in [5, 5.41) is 2.10. The van der Waals surface area contributed by atoms with Crippen molar-refractivity contribution in [2.45, 2.75) is 32.4 Å². The van der Waals surface area contributed by atoms with E-state index in [4.69, 9.17) is 0 Å². The molecule has 104 valence electrons. The largest absolute Gasteiger partial charge is 0.293 e. The number of benzene rings is 1. The summed E-state index contributed by atoms with van der Waals surface area (Å²) in [6.45, 7) is 3.47. The number of hydrogen-bond acceptors (Lipinski definition) is 3. The molecule has 2 aromatic rings. The fourth-order valence-corrected chi connectivity index (χ4v) is 3.18. The Labute approximate surface area is 124 Å². The van der Waals surface area contributed by atoms with Gasteiger partial charge in [-0.2, -0.15) is 0 Å². The summed E-state index contributed by atoms with van der Waals surface area (Å²) in [7, 11) is 0. The topological polar surface area (TPSA) is 20.3 Å². The van der Waals surface area contributed by atoms with Gasteiger partial charge in [-0.25, -0.2) is 0 Å². The first-order valence-corrected chi connectivity index (χ1v) is 7.96. The monoisotopic (exact) mass is 285 g/mol. The van der Waals surface area contributed by atoms with Gasteiger partial charge >= 0.3 is 0 Å². The van der Waals surface area contributed by atoms with Gasteiger partial charge < -0.3 is 0 Å². The minimum Gasteiger partial charge on any atom is -0.293 e. The number of carbonyl (C=O) groups is 1. The summed E-state index contributed by atoms with van der Waals surface area (Å²) in [6, 6.07) is 12.7. The highest BCUT2D eigenvalue weighted by atomic mass is 32.1. The van der Waals surface area contributed by atoms with E-state index in [2.05, 4.69) is 22.4 Å². The smallest absolute Gasteiger partial charge is 0.176 e. The van der Waals surface area contributed by atoms with Gasteiger partial charge in [-0.15, -0.1) is 11.3 Å². The van der Waals surface area contributed by atoms with Gasteiger partial charge in [-0.3, -0.25) is 9.69 Å². The van der Waals surface area contributed by atoms with Crippen molar-refractivity contribution in [2.75, 3.05) is 6.54 Å². The maximum absolute atomic E-state index is 12.4. The predicted octanol–water partition coefficient (Wildman–Crippen LogP) is 3.90. The van der Waals surface area contributed by atoms with Crippen LogP contribution in [0.1, 0.15) is 33.6 Å². The molecule has 1 fully saturated rings. The van der Waals surface area contributed by atoms with Gasteiger partial charge in [0, 0.05) is 23.0 Å². The van der Waals surface area contributed by atoms with Crippen LogP contribution in [0.3, 0.4) is 0 Å². The molecule has 20 heavy (non-hydrogen) atoms. The Balaban J connectivity index is 1.68. The van der Waals surface area contributed by atoms with E-state index >= 15 is 0 Å². The summed E-state index contributed by atoms with van der Waals surface area (Å²) in [5.74, 6) is 0.233. The van der Waals surface area contributed by atoms with Crippen molar-refractivity contribution in [3.63, 3.8) is 0 Å². The van der Waals surface area contributed by atoms with E-state index in [9.17, 15) is 4.79 Å². The molecule has 0 N–H and O–H groups in total. The van der Waals surface area contributed by atoms with Crippen LogP contribution in [0.2, 0.25) is 0 Å². The minimum absolute atomic E-state index is 0.233. The van der Waals surface area contributed by atoms with Gasteiger partial charge in [0.2, 0.25) is 0 Å². The third-order valence-corrected chi connectivity index (χ3v) is 4.55. The highest BCUT2D eigenvalue weighted by Crippen LogP contribution is 2.29. The molecule has 0 saturated heterocycles. The minimum atomic E-state index is 0.233. The highest BCUT2D eigenvalue weighted by molar-refractivity contribution is 7.09. The van der Waals surface area contributed by atoms with E-state index in [0.29, 0.717) is 12.6 Å². The molecular weight excluding hydrogens is 266 g/mol. The zero-order chi connectivity index (χ0) is 13.9. The first-order valence-electron chi connectivity index (χ1n) is 7.08. The Morgan fingerprint density at radius 3 is 2.80 bits per heavy atom. The molecular formula is C17H19NOS. The number of rotatable bonds is 6. The molecule has 0 bridgehead atoms. The maximum atomic E-state index is 12.4. The molecule has 2 nitrogen and oxygen atoms in total. The molecule has 1 aromatic carbocycles. The Bertz CT molecular complexity index is 587. The summed E-state index contributed by atoms with van der Waals surface area (Å²) < 4.78 is 0. The van der Waals surface area contributed by atoms with Crippen molar-refractivity contribution in [1.82, 2.24) is 4.90 Å². The van der Waals surface area contributed by atoms with Crippen molar-refractivity contribution >= 4 is 17.1 Å². The molecule has 0 unspecified atom stereocenters. The molecule has 0 aliphatic heterocycles. The van der Waals surface area contributed by atoms with Crippen molar-refractivity contribution in [3.8, 4) is 0 Å². The van der Waals surface area contributed by atoms with Crippen molar-refractivity contribution in [3.05, 3.63) is 57.8 Å². The third kappa shape index (κ3) is 3.35. The quantitative estimate of drug-likeness (QED) is 0.750. The summed E-state index contributed by atoms with van der Waals surface area (Å²) in [6.07, 6.45) is 2.46. The molecule has 1 saturated carbocycles. The van der Waals surface area contributed by atoms with Crippen LogP contribution in [0.5, 0.6) is 0 Å². The van der Waals surface area contributed by atoms with Crippen molar-refractivity contribution in [1.29, 1.82) is 0 Å². The first-order chi connectivity index (χ1) is 9.72. The maximum Gasteiger partial charge on any atom is 0.176 e. The normalized spacial score (nSPS) is 14.7. The molecule has 0 amide bonds. The van der Waals surface area contributed by atoms with Gasteiger partial charge in [0.1, 0.15) is 0 Å². The number of hydrogen-bond donors (Lipinski definition) is 0. The number of nitrogens with zero attached hydrogens (tertiary/aromatic N) is 1. The van der Waals surface area contributed by atoms with Gasteiger partial charge in [-0.05, 0) is 37.3 Å². The molecule has 1 heterocycles. The van der Waals surface area contributed by atoms with Gasteiger partial charge in [-0.1, -0.05) is 29.8 Å². The van der Waals surface area contributed by atoms with Crippen LogP contribution in [0, 0.1) is 6.92 Å². The standard InChI is InChI=1S/C17H19NOS/c1-13-4-2-5-14(10-13)17(19)12-18(15-7-8-15)11-16-6-3-9-20-16/h2-6,9-10,15H,7-8,11-12H2,1H3. The molecule has 0 radical (unpaired) electrons. The van der Waals surface area contributed by atoms with Gasteiger partial charge in [0.25, 0.3) is 0 Å². The molecule has 1 aliphatic carbocycles. The Kier molecular flexibility index (Phi) is 3.99. The van der Waals surface area contributed by atoms with Gasteiger partial charge in [0.05, 0.1) is 6.54 Å². The average Bonchev–Trinajstić information content (AvgIpc) is 3.16. The molecule has 1 aromatic heterocycles. The number of carbonyl (C=O) groups excluding carboxylic acids is 1. The van der Waals surface area contributed by atoms with Crippen molar-refractivity contribution < 1.29 is 4.79 Å². The van der Waals surface area contributed by atoms with Crippen LogP contribution >= 0.6 is 11.3 Å². The molecule has 0 atom stereocenters. The lowest BCUT2D eigenvalue weighted by Gasteiger charge is -2.20. The van der Waals surface area contributed by atoms with E-state index in [0.717, 1.165) is 17.7 Å². The lowest BCUT2D eigenvalue weighted by molar-refractivity contribution is 0.0920. The molecule has 0 spiro atoms. The second-order valence-corrected chi connectivity index (χ2v) is 6.54. The fraction of sp³-hybridized carbons (Fsp3) is 0.353. The van der Waals surface area contributed by atoms with Crippen LogP contribution < -0.4 is 0 Å². The number of thiophene rings is 1. The number of Topliss-reactive ketones (excluding diaryl/α,β-unsaturated/α-hetero) is 1. The van der Waals surface area contributed by atoms with E-state index < -0.39 is 0 Å². The summed E-state index contributed by atoms with van der Waals surface area (Å²) >= 11 is 1.77. The molecule has 3 heteroatoms. The Morgan fingerprint density at radius 1 is 1.30 bits per heavy atom. The Hall–Kier alpha value is -1.45. The first kappa shape index (κ1) is 13.5. The predicted molar refractivity (Wildman–Crippen MR) is 83.3 cm³/mol. The highest BCUT2D eigenvalue weighted by Gasteiger charge is 2.30. The fourth-order valence-electron chi connectivity index (χ4n) is 2.45. The zero-order valence-corrected chi connectivity index (χ0v) is 12.5. The van der Waals surface area contributed by atoms with E-state index in [-0.39, 0.29) is 5.78 Å². The SMILES string of the molecule is Cc1cccc(C(=O)CN(Cc2cccs2)C2CC2)c1. The summed E-state index contributed by atoms with van der Waals surface area (Å²) in [4.78, 5) is 16.1. The zero-order valence-electron chi connectivity index (χ0n) is 11.7. The van der Waals surface area contributed by atoms with Crippen LogP contribution in [0.4, 0.5) is 0 Å². The van der Waals surface area contributed by atoms with E-state index in [1.54, 1.807) is 11.3 Å². The lowest BCUT2D eigenvalue weighted by atomic mass is 10.1. The van der Waals surface area contributed by atoms with Crippen LogP contribution in [-0.4, -0.2) is 23.3 Å². The van der Waals surface area contributed by atoms with Crippen LogP contribution in [0.15, 0.2) is 41.8 Å². The molecule has 1 aliphatic rings. The van der Waals surface area contributed by atoms with Crippen molar-refractivity contribution in [2.24, 2.45) is 0 Å². The lowest BCUT2D eigenvalue weighted by Crippen LogP contribution is -2.31.